The highest BCUT2D eigenvalue weighted by Crippen LogP contribution is 2.38. The van der Waals surface area contributed by atoms with Crippen molar-refractivity contribution in [1.82, 2.24) is 34.4 Å². The van der Waals surface area contributed by atoms with Gasteiger partial charge in [-0.25, -0.2) is 19.9 Å². The van der Waals surface area contributed by atoms with E-state index in [4.69, 9.17) is 15.5 Å². The predicted molar refractivity (Wildman–Crippen MR) is 153 cm³/mol. The molecule has 2 fully saturated rings. The van der Waals surface area contributed by atoms with Crippen LogP contribution in [0.5, 0.6) is 0 Å². The molecule has 0 unspecified atom stereocenters. The number of anilines is 1. The van der Waals surface area contributed by atoms with Gasteiger partial charge in [0, 0.05) is 19.0 Å². The number of aromatic nitrogens is 6. The summed E-state index contributed by atoms with van der Waals surface area (Å²) in [5.74, 6) is 1.92. The van der Waals surface area contributed by atoms with E-state index in [0.29, 0.717) is 29.7 Å². The first-order valence-electron chi connectivity index (χ1n) is 14.3. The number of H-pyrrole nitrogens is 1. The summed E-state index contributed by atoms with van der Waals surface area (Å²) in [5, 5.41) is 22.6. The topological polar surface area (TPSA) is 151 Å². The lowest BCUT2D eigenvalue weighted by Gasteiger charge is -2.44. The summed E-state index contributed by atoms with van der Waals surface area (Å²) < 4.78 is 7.39. The Labute approximate surface area is 233 Å². The molecule has 1 saturated carbocycles. The van der Waals surface area contributed by atoms with E-state index < -0.39 is 17.9 Å². The van der Waals surface area contributed by atoms with E-state index in [9.17, 15) is 10.2 Å². The summed E-state index contributed by atoms with van der Waals surface area (Å²) in [6, 6.07) is 6.96. The molecule has 1 aliphatic heterocycles. The Kier molecular flexibility index (Phi) is 6.81. The lowest BCUT2D eigenvalue weighted by molar-refractivity contribution is -0.110. The van der Waals surface area contributed by atoms with Crippen molar-refractivity contribution in [2.45, 2.75) is 82.8 Å². The molecule has 11 heteroatoms. The molecule has 4 aromatic rings. The van der Waals surface area contributed by atoms with Crippen LogP contribution in [0.1, 0.15) is 58.3 Å². The van der Waals surface area contributed by atoms with E-state index in [0.717, 1.165) is 49.1 Å². The molecule has 0 bridgehead atoms. The number of imidazole rings is 2. The third kappa shape index (κ3) is 4.74. The first-order valence-corrected chi connectivity index (χ1v) is 14.3. The van der Waals surface area contributed by atoms with Crippen LogP contribution in [-0.4, -0.2) is 82.5 Å². The fraction of sp³-hybridized carbons (Fsp3) is 0.586. The summed E-state index contributed by atoms with van der Waals surface area (Å²) in [6.45, 7) is 10.1. The zero-order chi connectivity index (χ0) is 28.2. The van der Waals surface area contributed by atoms with Crippen molar-refractivity contribution in [1.29, 1.82) is 0 Å². The van der Waals surface area contributed by atoms with Crippen LogP contribution in [0, 0.1) is 5.92 Å². The number of hydrogen-bond acceptors (Lipinski definition) is 9. The molecule has 4 heterocycles. The number of ether oxygens (including phenoxy) is 1. The van der Waals surface area contributed by atoms with Crippen LogP contribution in [-0.2, 0) is 22.3 Å². The van der Waals surface area contributed by atoms with Crippen molar-refractivity contribution in [3.05, 3.63) is 42.2 Å². The second kappa shape index (κ2) is 10.1. The van der Waals surface area contributed by atoms with Gasteiger partial charge in [0.25, 0.3) is 0 Å². The van der Waals surface area contributed by atoms with Crippen molar-refractivity contribution >= 4 is 28.0 Å². The molecular weight excluding hydrogens is 508 g/mol. The average molecular weight is 549 g/mol. The number of benzene rings is 1. The van der Waals surface area contributed by atoms with Gasteiger partial charge in [0.2, 0.25) is 0 Å². The van der Waals surface area contributed by atoms with Gasteiger partial charge in [-0.2, -0.15) is 0 Å². The van der Waals surface area contributed by atoms with Crippen LogP contribution >= 0.6 is 0 Å². The maximum atomic E-state index is 11.4. The Morgan fingerprint density at radius 1 is 1.23 bits per heavy atom. The highest BCUT2D eigenvalue weighted by Gasteiger charge is 2.51. The lowest BCUT2D eigenvalue weighted by Crippen LogP contribution is -2.52. The second-order valence-electron chi connectivity index (χ2n) is 12.5. The van der Waals surface area contributed by atoms with Crippen LogP contribution in [0.25, 0.3) is 22.2 Å². The Hall–Kier alpha value is -3.12. The number of nitrogens with one attached hydrogen (secondary N) is 1. The normalized spacial score (nSPS) is 27.2. The van der Waals surface area contributed by atoms with Crippen LogP contribution in [0.15, 0.2) is 30.9 Å². The van der Waals surface area contributed by atoms with E-state index in [-0.39, 0.29) is 17.8 Å². The van der Waals surface area contributed by atoms with Gasteiger partial charge in [0.05, 0.1) is 24.0 Å². The fourth-order valence-corrected chi connectivity index (χ4v) is 6.19. The number of aliphatic hydroxyl groups excluding tert-OH is 1. The number of aromatic amines is 1. The summed E-state index contributed by atoms with van der Waals surface area (Å²) >= 11 is 0. The van der Waals surface area contributed by atoms with E-state index in [1.54, 1.807) is 0 Å². The number of fused-ring (bicyclic) bond motifs is 2. The minimum absolute atomic E-state index is 0.0617. The molecule has 5 N–H and O–H groups in total. The minimum atomic E-state index is -1.68. The molecular formula is C29H40N8O3. The number of nitrogens with two attached hydrogens (primary N) is 1. The molecule has 11 nitrogen and oxygen atoms in total. The summed E-state index contributed by atoms with van der Waals surface area (Å²) in [4.78, 5) is 23.1. The van der Waals surface area contributed by atoms with Crippen LogP contribution in [0.2, 0.25) is 0 Å². The summed E-state index contributed by atoms with van der Waals surface area (Å²) in [6.07, 6.45) is 5.34. The van der Waals surface area contributed by atoms with Gasteiger partial charge in [-0.1, -0.05) is 33.8 Å². The predicted octanol–water partition coefficient (Wildman–Crippen LogP) is 2.72. The van der Waals surface area contributed by atoms with E-state index in [1.165, 1.54) is 22.8 Å². The standard InChI is InChI=1S/C29H40N8O3/c1-5-36(13-22-25(38)29(39,14-40-22)37-16-33-24-26(30)31-15-32-27(24)37)19-10-17(11-19)6-9-23-34-20-8-7-18(28(2,3)4)12-21(20)35-23/h7-8,12,15-17,19,22,25,38-39H,5-6,9-11,13-14H2,1-4H3,(H,34,35)(H2,30,31,32)/t17?,19?,22-,25-,29+/m1/s1. The maximum absolute atomic E-state index is 11.4. The highest BCUT2D eigenvalue weighted by molar-refractivity contribution is 5.81. The molecule has 1 aliphatic carbocycles. The van der Waals surface area contributed by atoms with Crippen molar-refractivity contribution < 1.29 is 14.9 Å². The monoisotopic (exact) mass is 548 g/mol. The van der Waals surface area contributed by atoms with Crippen molar-refractivity contribution in [2.24, 2.45) is 5.92 Å². The second-order valence-corrected chi connectivity index (χ2v) is 12.5. The SMILES string of the molecule is CCN(C[C@H]1OC[C@@](O)(n2cnc3c(N)ncnc32)[C@@H]1O)C1CC(CCc2nc3ccc(C(C)(C)C)cc3[nH]2)C1. The Morgan fingerprint density at radius 2 is 2.02 bits per heavy atom. The van der Waals surface area contributed by atoms with Gasteiger partial charge in [-0.05, 0) is 54.8 Å². The van der Waals surface area contributed by atoms with Gasteiger partial charge in [-0.3, -0.25) is 9.47 Å². The summed E-state index contributed by atoms with van der Waals surface area (Å²) in [7, 11) is 0. The van der Waals surface area contributed by atoms with Crippen molar-refractivity contribution in [3.8, 4) is 0 Å². The first-order chi connectivity index (χ1) is 19.1. The third-order valence-electron chi connectivity index (χ3n) is 8.85. The Balaban J connectivity index is 1.04. The number of nitrogens with zero attached hydrogens (tertiary/aromatic N) is 6. The number of aliphatic hydroxyl groups is 2. The largest absolute Gasteiger partial charge is 0.385 e. The molecule has 0 spiro atoms. The molecule has 3 atom stereocenters. The molecule has 0 amide bonds. The quantitative estimate of drug-likeness (QED) is 0.260. The average Bonchev–Trinajstić information content (AvgIpc) is 3.59. The first kappa shape index (κ1) is 27.1. The molecule has 0 radical (unpaired) electrons. The van der Waals surface area contributed by atoms with Gasteiger partial charge >= 0.3 is 0 Å². The number of rotatable bonds is 8. The summed E-state index contributed by atoms with van der Waals surface area (Å²) in [5.41, 5.74) is 8.54. The van der Waals surface area contributed by atoms with Gasteiger partial charge in [0.15, 0.2) is 17.2 Å². The van der Waals surface area contributed by atoms with E-state index >= 15 is 0 Å². The number of likely N-dealkylation sites (N-methyl/N-ethyl adjacent to an activating group) is 1. The molecule has 214 valence electrons. The molecule has 1 saturated heterocycles. The highest BCUT2D eigenvalue weighted by atomic mass is 16.5. The van der Waals surface area contributed by atoms with Crippen LogP contribution in [0.4, 0.5) is 5.82 Å². The molecule has 1 aromatic carbocycles. The smallest absolute Gasteiger partial charge is 0.197 e. The lowest BCUT2D eigenvalue weighted by atomic mass is 9.76. The molecule has 40 heavy (non-hydrogen) atoms. The zero-order valence-electron chi connectivity index (χ0n) is 23.7. The molecule has 2 aliphatic rings. The minimum Gasteiger partial charge on any atom is -0.385 e. The molecule has 3 aromatic heterocycles. The Bertz CT molecular complexity index is 1500. The third-order valence-corrected chi connectivity index (χ3v) is 8.85. The van der Waals surface area contributed by atoms with Crippen LogP contribution < -0.4 is 5.73 Å². The van der Waals surface area contributed by atoms with Gasteiger partial charge in [0.1, 0.15) is 29.9 Å². The maximum Gasteiger partial charge on any atom is 0.197 e. The Morgan fingerprint density at radius 3 is 2.77 bits per heavy atom. The van der Waals surface area contributed by atoms with Gasteiger partial charge < -0.3 is 25.7 Å². The number of hydrogen-bond donors (Lipinski definition) is 4. The van der Waals surface area contributed by atoms with Crippen molar-refractivity contribution in [3.63, 3.8) is 0 Å². The van der Waals surface area contributed by atoms with E-state index in [2.05, 4.69) is 70.7 Å². The van der Waals surface area contributed by atoms with Gasteiger partial charge in [-0.15, -0.1) is 0 Å². The molecule has 6 rings (SSSR count). The van der Waals surface area contributed by atoms with E-state index in [1.807, 2.05) is 0 Å². The van der Waals surface area contributed by atoms with Crippen molar-refractivity contribution in [2.75, 3.05) is 25.4 Å². The number of aryl methyl sites for hydroxylation is 1. The fourth-order valence-electron chi connectivity index (χ4n) is 6.19. The van der Waals surface area contributed by atoms with Crippen LogP contribution in [0.3, 0.4) is 0 Å². The zero-order valence-corrected chi connectivity index (χ0v) is 23.7. The number of nitrogen functional groups attached to an aromatic ring is 1.